The topological polar surface area (TPSA) is 78.0 Å². The number of rotatable bonds is 5. The number of benzene rings is 1. The van der Waals surface area contributed by atoms with Crippen LogP contribution in [0, 0.1) is 11.3 Å². The van der Waals surface area contributed by atoms with Crippen molar-refractivity contribution < 1.29 is 4.79 Å². The van der Waals surface area contributed by atoms with Crippen LogP contribution in [0.4, 0.5) is 5.95 Å². The molecule has 0 bridgehead atoms. The molecule has 4 rings (SSSR count). The molecule has 29 heavy (non-hydrogen) atoms. The standard InChI is InChI=1S/C22H22N6O/c23-9-3-12-28-17-18(19-5-1-2-6-20(19)28)7-8-21(29)26-13-15-27(16-14-26)22-24-10-4-11-25-22/h1-2,4-8,10-11,17H,3,12-16H2/b8-7+. The van der Waals surface area contributed by atoms with Crippen LogP contribution in [-0.2, 0) is 11.3 Å². The summed E-state index contributed by atoms with van der Waals surface area (Å²) < 4.78 is 2.07. The summed E-state index contributed by atoms with van der Waals surface area (Å²) in [5.41, 5.74) is 2.06. The number of aromatic nitrogens is 3. The summed E-state index contributed by atoms with van der Waals surface area (Å²) in [6, 6.07) is 12.0. The Morgan fingerprint density at radius 1 is 1.10 bits per heavy atom. The Kier molecular flexibility index (Phi) is 5.52. The fraction of sp³-hybridized carbons (Fsp3) is 0.273. The van der Waals surface area contributed by atoms with Crippen molar-refractivity contribution in [2.24, 2.45) is 0 Å². The van der Waals surface area contributed by atoms with Gasteiger partial charge in [0.15, 0.2) is 0 Å². The van der Waals surface area contributed by atoms with E-state index in [1.807, 2.05) is 41.4 Å². The number of aryl methyl sites for hydroxylation is 1. The minimum Gasteiger partial charge on any atom is -0.346 e. The molecule has 7 nitrogen and oxygen atoms in total. The molecule has 2 aromatic heterocycles. The molecule has 1 amide bonds. The van der Waals surface area contributed by atoms with E-state index in [0.29, 0.717) is 32.0 Å². The van der Waals surface area contributed by atoms with Gasteiger partial charge < -0.3 is 14.4 Å². The Labute approximate surface area is 169 Å². The lowest BCUT2D eigenvalue weighted by Crippen LogP contribution is -2.48. The minimum absolute atomic E-state index is 0.00693. The molecule has 1 aromatic carbocycles. The molecule has 0 spiro atoms. The maximum Gasteiger partial charge on any atom is 0.246 e. The normalized spacial score (nSPS) is 14.4. The van der Waals surface area contributed by atoms with E-state index >= 15 is 0 Å². The molecule has 0 radical (unpaired) electrons. The Morgan fingerprint density at radius 3 is 2.62 bits per heavy atom. The first-order valence-corrected chi connectivity index (χ1v) is 9.70. The quantitative estimate of drug-likeness (QED) is 0.630. The largest absolute Gasteiger partial charge is 0.346 e. The lowest BCUT2D eigenvalue weighted by Gasteiger charge is -2.34. The van der Waals surface area contributed by atoms with Gasteiger partial charge in [-0.25, -0.2) is 9.97 Å². The lowest BCUT2D eigenvalue weighted by molar-refractivity contribution is -0.126. The summed E-state index contributed by atoms with van der Waals surface area (Å²) in [5.74, 6) is 0.716. The molecule has 0 aliphatic carbocycles. The summed E-state index contributed by atoms with van der Waals surface area (Å²) in [7, 11) is 0. The number of nitrogens with zero attached hydrogens (tertiary/aromatic N) is 6. The Bertz CT molecular complexity index is 1060. The first-order chi connectivity index (χ1) is 14.3. The van der Waals surface area contributed by atoms with Crippen molar-refractivity contribution in [1.82, 2.24) is 19.4 Å². The van der Waals surface area contributed by atoms with Gasteiger partial charge in [0.2, 0.25) is 11.9 Å². The molecule has 3 aromatic rings. The molecule has 0 atom stereocenters. The van der Waals surface area contributed by atoms with Crippen molar-refractivity contribution in [2.75, 3.05) is 31.1 Å². The highest BCUT2D eigenvalue weighted by Gasteiger charge is 2.21. The van der Waals surface area contributed by atoms with E-state index in [1.54, 1.807) is 24.5 Å². The zero-order valence-electron chi connectivity index (χ0n) is 16.1. The number of fused-ring (bicyclic) bond motifs is 1. The zero-order valence-corrected chi connectivity index (χ0v) is 16.1. The average molecular weight is 386 g/mol. The van der Waals surface area contributed by atoms with Gasteiger partial charge in [0.05, 0.1) is 12.5 Å². The first-order valence-electron chi connectivity index (χ1n) is 9.70. The number of carbonyl (C=O) groups is 1. The van der Waals surface area contributed by atoms with Crippen LogP contribution in [0.25, 0.3) is 17.0 Å². The van der Waals surface area contributed by atoms with Gasteiger partial charge >= 0.3 is 0 Å². The first kappa shape index (κ1) is 18.7. The summed E-state index contributed by atoms with van der Waals surface area (Å²) in [6.45, 7) is 3.37. The van der Waals surface area contributed by atoms with E-state index in [-0.39, 0.29) is 5.91 Å². The van der Waals surface area contributed by atoms with E-state index in [2.05, 4.69) is 25.5 Å². The van der Waals surface area contributed by atoms with Crippen molar-refractivity contribution in [1.29, 1.82) is 5.26 Å². The summed E-state index contributed by atoms with van der Waals surface area (Å²) >= 11 is 0. The molecule has 1 fully saturated rings. The number of hydrogen-bond acceptors (Lipinski definition) is 5. The predicted molar refractivity (Wildman–Crippen MR) is 112 cm³/mol. The summed E-state index contributed by atoms with van der Waals surface area (Å²) in [5, 5.41) is 9.96. The molecule has 0 unspecified atom stereocenters. The molecule has 3 heterocycles. The van der Waals surface area contributed by atoms with Crippen molar-refractivity contribution in [2.45, 2.75) is 13.0 Å². The van der Waals surface area contributed by atoms with Crippen LogP contribution in [0.5, 0.6) is 0 Å². The molecule has 1 aliphatic heterocycles. The number of piperazine rings is 1. The molecule has 1 saturated heterocycles. The molecule has 0 N–H and O–H groups in total. The molecular weight excluding hydrogens is 364 g/mol. The van der Waals surface area contributed by atoms with Gasteiger partial charge in [-0.3, -0.25) is 4.79 Å². The monoisotopic (exact) mass is 386 g/mol. The fourth-order valence-electron chi connectivity index (χ4n) is 3.61. The maximum absolute atomic E-state index is 12.7. The third-order valence-corrected chi connectivity index (χ3v) is 5.12. The Balaban J connectivity index is 1.43. The fourth-order valence-corrected chi connectivity index (χ4v) is 3.61. The van der Waals surface area contributed by atoms with Crippen LogP contribution in [0.3, 0.4) is 0 Å². The average Bonchev–Trinajstić information content (AvgIpc) is 3.14. The highest BCUT2D eigenvalue weighted by Crippen LogP contribution is 2.23. The third kappa shape index (κ3) is 4.11. The molecule has 7 heteroatoms. The number of anilines is 1. The number of carbonyl (C=O) groups excluding carboxylic acids is 1. The number of hydrogen-bond donors (Lipinski definition) is 0. The Morgan fingerprint density at radius 2 is 1.86 bits per heavy atom. The van der Waals surface area contributed by atoms with Crippen LogP contribution in [0.15, 0.2) is 55.0 Å². The molecule has 1 aliphatic rings. The van der Waals surface area contributed by atoms with E-state index in [4.69, 9.17) is 5.26 Å². The third-order valence-electron chi connectivity index (χ3n) is 5.12. The van der Waals surface area contributed by atoms with E-state index < -0.39 is 0 Å². The van der Waals surface area contributed by atoms with Gasteiger partial charge in [-0.2, -0.15) is 5.26 Å². The van der Waals surface area contributed by atoms with Crippen molar-refractivity contribution in [3.8, 4) is 6.07 Å². The predicted octanol–water partition coefficient (Wildman–Crippen LogP) is 2.71. The molecule has 0 saturated carbocycles. The zero-order chi connectivity index (χ0) is 20.1. The van der Waals surface area contributed by atoms with Gasteiger partial charge in [-0.05, 0) is 18.2 Å². The highest BCUT2D eigenvalue weighted by atomic mass is 16.2. The number of amides is 1. The summed E-state index contributed by atoms with van der Waals surface area (Å²) in [4.78, 5) is 25.2. The lowest BCUT2D eigenvalue weighted by atomic mass is 10.1. The highest BCUT2D eigenvalue weighted by molar-refractivity contribution is 5.96. The van der Waals surface area contributed by atoms with Crippen LogP contribution in [-0.4, -0.2) is 51.5 Å². The van der Waals surface area contributed by atoms with Gasteiger partial charge in [0, 0.05) is 73.9 Å². The number of nitriles is 1. The van der Waals surface area contributed by atoms with Crippen LogP contribution >= 0.6 is 0 Å². The smallest absolute Gasteiger partial charge is 0.246 e. The SMILES string of the molecule is N#CCCn1cc(/C=C/C(=O)N2CCN(c3ncccn3)CC2)c2ccccc21. The second kappa shape index (κ2) is 8.57. The van der Waals surface area contributed by atoms with Crippen molar-refractivity contribution >= 4 is 28.8 Å². The second-order valence-electron chi connectivity index (χ2n) is 6.90. The van der Waals surface area contributed by atoms with Crippen LogP contribution in [0.1, 0.15) is 12.0 Å². The Hall–Kier alpha value is -3.66. The van der Waals surface area contributed by atoms with E-state index in [1.165, 1.54) is 0 Å². The molecule has 146 valence electrons. The van der Waals surface area contributed by atoms with E-state index in [0.717, 1.165) is 29.6 Å². The number of para-hydroxylation sites is 1. The minimum atomic E-state index is 0.00693. The van der Waals surface area contributed by atoms with Crippen molar-refractivity contribution in [3.63, 3.8) is 0 Å². The van der Waals surface area contributed by atoms with Gasteiger partial charge in [-0.15, -0.1) is 0 Å². The molecular formula is C22H22N6O. The second-order valence-corrected chi connectivity index (χ2v) is 6.90. The van der Waals surface area contributed by atoms with E-state index in [9.17, 15) is 4.79 Å². The van der Waals surface area contributed by atoms with Gasteiger partial charge in [0.25, 0.3) is 0 Å². The summed E-state index contributed by atoms with van der Waals surface area (Å²) in [6.07, 6.45) is 9.45. The van der Waals surface area contributed by atoms with Crippen molar-refractivity contribution in [3.05, 3.63) is 60.6 Å². The van der Waals surface area contributed by atoms with Gasteiger partial charge in [0.1, 0.15) is 0 Å². The maximum atomic E-state index is 12.7. The van der Waals surface area contributed by atoms with Gasteiger partial charge in [-0.1, -0.05) is 18.2 Å². The van der Waals surface area contributed by atoms with Crippen LogP contribution < -0.4 is 4.90 Å². The van der Waals surface area contributed by atoms with Crippen LogP contribution in [0.2, 0.25) is 0 Å².